The highest BCUT2D eigenvalue weighted by Gasteiger charge is 2.19. The van der Waals surface area contributed by atoms with Crippen molar-refractivity contribution in [2.24, 2.45) is 0 Å². The molecule has 0 radical (unpaired) electrons. The van der Waals surface area contributed by atoms with Crippen LogP contribution in [0.2, 0.25) is 5.02 Å². The molecule has 0 aliphatic carbocycles. The number of nitrogens with one attached hydrogen (secondary N) is 1. The molecule has 4 rings (SSSR count). The maximum atomic E-state index is 12.5. The number of aromatic nitrogens is 3. The summed E-state index contributed by atoms with van der Waals surface area (Å²) in [5, 5.41) is 21.5. The van der Waals surface area contributed by atoms with E-state index in [9.17, 15) is 10.1 Å². The fraction of sp³-hybridized carbons (Fsp3) is 0.0909. The first-order valence-corrected chi connectivity index (χ1v) is 11.5. The lowest BCUT2D eigenvalue weighted by molar-refractivity contribution is -0.113. The molecule has 2 heterocycles. The molecule has 4 aromatic rings. The molecule has 0 atom stereocenters. The lowest BCUT2D eigenvalue weighted by Crippen LogP contribution is -2.15. The molecule has 0 spiro atoms. The van der Waals surface area contributed by atoms with E-state index in [2.05, 4.69) is 31.4 Å². The maximum Gasteiger partial charge on any atom is 0.234 e. The van der Waals surface area contributed by atoms with E-state index in [4.69, 9.17) is 16.0 Å². The number of anilines is 1. The summed E-state index contributed by atoms with van der Waals surface area (Å²) in [5.41, 5.74) is 1.77. The van der Waals surface area contributed by atoms with Gasteiger partial charge in [0, 0.05) is 5.02 Å². The van der Waals surface area contributed by atoms with Gasteiger partial charge in [-0.1, -0.05) is 53.7 Å². The molecule has 0 bridgehead atoms. The number of furan rings is 1. The summed E-state index contributed by atoms with van der Waals surface area (Å²) in [5.74, 6) is 0.912. The number of carbonyl (C=O) groups excluding carboxylic acids is 1. The Morgan fingerprint density at radius 3 is 2.72 bits per heavy atom. The fourth-order valence-electron chi connectivity index (χ4n) is 2.95. The van der Waals surface area contributed by atoms with Gasteiger partial charge in [0.2, 0.25) is 11.7 Å². The van der Waals surface area contributed by atoms with Crippen LogP contribution in [0.15, 0.2) is 74.9 Å². The van der Waals surface area contributed by atoms with Gasteiger partial charge in [0.05, 0.1) is 23.5 Å². The zero-order valence-corrected chi connectivity index (χ0v) is 19.6. The molecule has 0 aliphatic heterocycles. The van der Waals surface area contributed by atoms with Gasteiger partial charge >= 0.3 is 0 Å². The third-order valence-electron chi connectivity index (χ3n) is 4.40. The minimum atomic E-state index is -0.287. The molecule has 1 N–H and O–H groups in total. The highest BCUT2D eigenvalue weighted by atomic mass is 79.9. The van der Waals surface area contributed by atoms with Gasteiger partial charge in [0.25, 0.3) is 0 Å². The van der Waals surface area contributed by atoms with E-state index in [1.807, 2.05) is 41.0 Å². The first-order chi connectivity index (χ1) is 15.5. The number of benzene rings is 2. The first-order valence-electron chi connectivity index (χ1n) is 9.38. The molecule has 160 valence electrons. The second kappa shape index (κ2) is 10.0. The zero-order valence-electron chi connectivity index (χ0n) is 16.5. The Hall–Kier alpha value is -3.06. The number of rotatable bonds is 7. The molecule has 1 amide bonds. The molecular formula is C22H15BrClN5O2S. The highest BCUT2D eigenvalue weighted by molar-refractivity contribution is 9.10. The zero-order chi connectivity index (χ0) is 22.5. The maximum absolute atomic E-state index is 12.5. The second-order valence-corrected chi connectivity index (χ2v) is 8.78. The molecular weight excluding hydrogens is 514 g/mol. The number of amides is 1. The van der Waals surface area contributed by atoms with E-state index in [0.29, 0.717) is 44.2 Å². The molecule has 0 aliphatic rings. The Labute approximate surface area is 201 Å². The van der Waals surface area contributed by atoms with Crippen LogP contribution < -0.4 is 5.32 Å². The average molecular weight is 529 g/mol. The molecule has 0 saturated carbocycles. The van der Waals surface area contributed by atoms with Crippen LogP contribution in [-0.2, 0) is 11.3 Å². The summed E-state index contributed by atoms with van der Waals surface area (Å²) in [6.45, 7) is 0.512. The molecule has 2 aromatic heterocycles. The number of nitriles is 1. The van der Waals surface area contributed by atoms with Crippen molar-refractivity contribution in [3.8, 4) is 17.7 Å². The number of halogens is 2. The Morgan fingerprint density at radius 1 is 1.19 bits per heavy atom. The van der Waals surface area contributed by atoms with E-state index >= 15 is 0 Å². The van der Waals surface area contributed by atoms with Crippen LogP contribution in [0.4, 0.5) is 5.69 Å². The van der Waals surface area contributed by atoms with Crippen molar-refractivity contribution in [1.29, 1.82) is 5.26 Å². The normalized spacial score (nSPS) is 10.7. The van der Waals surface area contributed by atoms with Crippen LogP contribution in [0.1, 0.15) is 11.1 Å². The predicted molar refractivity (Wildman–Crippen MR) is 126 cm³/mol. The first kappa shape index (κ1) is 22.1. The molecule has 32 heavy (non-hydrogen) atoms. The van der Waals surface area contributed by atoms with Crippen molar-refractivity contribution >= 4 is 50.9 Å². The van der Waals surface area contributed by atoms with Crippen LogP contribution in [0.25, 0.3) is 11.6 Å². The van der Waals surface area contributed by atoms with E-state index in [-0.39, 0.29) is 11.7 Å². The third-order valence-corrected chi connectivity index (χ3v) is 6.03. The van der Waals surface area contributed by atoms with Gasteiger partial charge in [0.15, 0.2) is 15.6 Å². The summed E-state index contributed by atoms with van der Waals surface area (Å²) in [4.78, 5) is 12.5. The summed E-state index contributed by atoms with van der Waals surface area (Å²) >= 11 is 10.5. The van der Waals surface area contributed by atoms with Crippen molar-refractivity contribution in [2.75, 3.05) is 11.1 Å². The van der Waals surface area contributed by atoms with Crippen molar-refractivity contribution in [2.45, 2.75) is 11.7 Å². The minimum Gasteiger partial charge on any atom is -0.446 e. The van der Waals surface area contributed by atoms with Gasteiger partial charge in [-0.15, -0.1) is 10.2 Å². The number of hydrogen-bond donors (Lipinski definition) is 1. The van der Waals surface area contributed by atoms with Crippen LogP contribution in [0.3, 0.4) is 0 Å². The van der Waals surface area contributed by atoms with Gasteiger partial charge in [0.1, 0.15) is 6.07 Å². The van der Waals surface area contributed by atoms with Crippen molar-refractivity contribution in [3.05, 3.63) is 81.5 Å². The van der Waals surface area contributed by atoms with Gasteiger partial charge in [-0.3, -0.25) is 9.36 Å². The number of hydrogen-bond acceptors (Lipinski definition) is 6. The van der Waals surface area contributed by atoms with Crippen molar-refractivity contribution in [3.63, 3.8) is 0 Å². The van der Waals surface area contributed by atoms with Gasteiger partial charge in [-0.05, 0) is 51.8 Å². The van der Waals surface area contributed by atoms with E-state index in [0.717, 1.165) is 5.56 Å². The monoisotopic (exact) mass is 527 g/mol. The second-order valence-electron chi connectivity index (χ2n) is 6.62. The molecule has 0 saturated heterocycles. The Kier molecular flexibility index (Phi) is 6.95. The number of thioether (sulfide) groups is 1. The highest BCUT2D eigenvalue weighted by Crippen LogP contribution is 2.28. The SMILES string of the molecule is N#Cc1ccc(Cl)cc1NC(=O)CSc1nnc(-c2ccc(Br)o2)n1Cc1ccccc1. The van der Waals surface area contributed by atoms with Gasteiger partial charge < -0.3 is 9.73 Å². The fourth-order valence-corrected chi connectivity index (χ4v) is 4.17. The van der Waals surface area contributed by atoms with E-state index in [1.165, 1.54) is 11.8 Å². The van der Waals surface area contributed by atoms with Crippen LogP contribution in [0.5, 0.6) is 0 Å². The quantitative estimate of drug-likeness (QED) is 0.313. The lowest BCUT2D eigenvalue weighted by atomic mass is 10.2. The largest absolute Gasteiger partial charge is 0.446 e. The Balaban J connectivity index is 1.54. The minimum absolute atomic E-state index is 0.0755. The summed E-state index contributed by atoms with van der Waals surface area (Å²) < 4.78 is 8.15. The topological polar surface area (TPSA) is 96.7 Å². The summed E-state index contributed by atoms with van der Waals surface area (Å²) in [7, 11) is 0. The smallest absolute Gasteiger partial charge is 0.234 e. The van der Waals surface area contributed by atoms with Crippen molar-refractivity contribution < 1.29 is 9.21 Å². The van der Waals surface area contributed by atoms with E-state index < -0.39 is 0 Å². The van der Waals surface area contributed by atoms with Crippen LogP contribution in [-0.4, -0.2) is 26.4 Å². The predicted octanol–water partition coefficient (Wildman–Crippen LogP) is 5.60. The molecule has 2 aromatic carbocycles. The third kappa shape index (κ3) is 5.22. The molecule has 0 fully saturated rings. The van der Waals surface area contributed by atoms with Crippen molar-refractivity contribution in [1.82, 2.24) is 14.8 Å². The standard InChI is InChI=1S/C22H15BrClN5O2S/c23-19-9-8-18(31-19)21-27-28-22(29(21)12-14-4-2-1-3-5-14)32-13-20(30)26-17-10-16(24)7-6-15(17)11-25/h1-10H,12-13H2,(H,26,30). The average Bonchev–Trinajstić information content (AvgIpc) is 3.39. The number of carbonyl (C=O) groups is 1. The number of nitrogens with zero attached hydrogens (tertiary/aromatic N) is 4. The van der Waals surface area contributed by atoms with E-state index in [1.54, 1.807) is 30.3 Å². The lowest BCUT2D eigenvalue weighted by Gasteiger charge is -2.10. The molecule has 0 unspecified atom stereocenters. The molecule has 7 nitrogen and oxygen atoms in total. The summed E-state index contributed by atoms with van der Waals surface area (Å²) in [6, 6.07) is 20.2. The van der Waals surface area contributed by atoms with Gasteiger partial charge in [-0.2, -0.15) is 5.26 Å². The molecule has 10 heteroatoms. The van der Waals surface area contributed by atoms with Crippen LogP contribution >= 0.6 is 39.3 Å². The van der Waals surface area contributed by atoms with Gasteiger partial charge in [-0.25, -0.2) is 0 Å². The Bertz CT molecular complexity index is 1300. The Morgan fingerprint density at radius 2 is 2.00 bits per heavy atom. The summed E-state index contributed by atoms with van der Waals surface area (Å²) in [6.07, 6.45) is 0. The van der Waals surface area contributed by atoms with Crippen LogP contribution in [0, 0.1) is 11.3 Å².